The minimum atomic E-state index is -0.0655. The Balaban J connectivity index is 2.22. The second-order valence-electron chi connectivity index (χ2n) is 5.68. The lowest BCUT2D eigenvalue weighted by Gasteiger charge is -2.40. The molecule has 3 heteroatoms. The molecule has 2 atom stereocenters. The summed E-state index contributed by atoms with van der Waals surface area (Å²) < 4.78 is 14.2. The van der Waals surface area contributed by atoms with Crippen LogP contribution in [0, 0.1) is 5.82 Å². The first-order chi connectivity index (χ1) is 9.77. The van der Waals surface area contributed by atoms with Crippen LogP contribution in [0.2, 0.25) is 0 Å². The molecule has 2 rings (SSSR count). The van der Waals surface area contributed by atoms with Gasteiger partial charge in [0.15, 0.2) is 0 Å². The number of nitrogens with one attached hydrogen (secondary N) is 1. The van der Waals surface area contributed by atoms with E-state index >= 15 is 0 Å². The van der Waals surface area contributed by atoms with E-state index in [0.717, 1.165) is 38.0 Å². The fourth-order valence-electron chi connectivity index (χ4n) is 3.35. The highest BCUT2D eigenvalue weighted by molar-refractivity contribution is 5.21. The van der Waals surface area contributed by atoms with Gasteiger partial charge in [0.05, 0.1) is 0 Å². The summed E-state index contributed by atoms with van der Waals surface area (Å²) in [5.74, 6) is -0.0655. The van der Waals surface area contributed by atoms with Gasteiger partial charge in [-0.2, -0.15) is 0 Å². The van der Waals surface area contributed by atoms with E-state index in [9.17, 15) is 4.39 Å². The number of nitrogens with zero attached hydrogens (tertiary/aromatic N) is 1. The lowest BCUT2D eigenvalue weighted by Crippen LogP contribution is -2.47. The van der Waals surface area contributed by atoms with Gasteiger partial charge in [0.2, 0.25) is 0 Å². The van der Waals surface area contributed by atoms with E-state index in [-0.39, 0.29) is 11.9 Å². The standard InChI is InChI=1S/C17H27FN2/c1-3-12-20(14-8-7-11-19-13-14)17(4-2)15-9-5-6-10-16(15)18/h5-6,9-10,14,17,19H,3-4,7-8,11-13H2,1-2H3. The molecule has 1 N–H and O–H groups in total. The predicted molar refractivity (Wildman–Crippen MR) is 82.3 cm³/mol. The Kier molecular flexibility index (Phi) is 5.99. The zero-order chi connectivity index (χ0) is 14.4. The Morgan fingerprint density at radius 1 is 1.35 bits per heavy atom. The average molecular weight is 278 g/mol. The van der Waals surface area contributed by atoms with E-state index in [4.69, 9.17) is 0 Å². The van der Waals surface area contributed by atoms with Crippen molar-refractivity contribution in [3.8, 4) is 0 Å². The SMILES string of the molecule is CCCN(C1CCCNC1)C(CC)c1ccccc1F. The van der Waals surface area contributed by atoms with E-state index < -0.39 is 0 Å². The maximum absolute atomic E-state index is 14.2. The van der Waals surface area contributed by atoms with Gasteiger partial charge in [-0.25, -0.2) is 4.39 Å². The molecule has 0 bridgehead atoms. The Bertz CT molecular complexity index is 402. The first-order valence-corrected chi connectivity index (χ1v) is 7.98. The molecular weight excluding hydrogens is 251 g/mol. The topological polar surface area (TPSA) is 15.3 Å². The van der Waals surface area contributed by atoms with Gasteiger partial charge >= 0.3 is 0 Å². The molecule has 1 saturated heterocycles. The lowest BCUT2D eigenvalue weighted by atomic mass is 9.97. The highest BCUT2D eigenvalue weighted by Crippen LogP contribution is 2.30. The van der Waals surface area contributed by atoms with Crippen LogP contribution in [-0.4, -0.2) is 30.6 Å². The molecule has 2 nitrogen and oxygen atoms in total. The van der Waals surface area contributed by atoms with E-state index in [1.807, 2.05) is 12.1 Å². The zero-order valence-electron chi connectivity index (χ0n) is 12.7. The molecule has 0 aromatic heterocycles. The van der Waals surface area contributed by atoms with Crippen LogP contribution in [0.25, 0.3) is 0 Å². The average Bonchev–Trinajstić information content (AvgIpc) is 2.50. The third-order valence-corrected chi connectivity index (χ3v) is 4.27. The van der Waals surface area contributed by atoms with Gasteiger partial charge in [-0.15, -0.1) is 0 Å². The minimum Gasteiger partial charge on any atom is -0.315 e. The van der Waals surface area contributed by atoms with Crippen LogP contribution < -0.4 is 5.32 Å². The van der Waals surface area contributed by atoms with Crippen molar-refractivity contribution in [1.82, 2.24) is 10.2 Å². The van der Waals surface area contributed by atoms with Gasteiger partial charge in [0, 0.05) is 24.2 Å². The van der Waals surface area contributed by atoms with Crippen molar-refractivity contribution >= 4 is 0 Å². The maximum atomic E-state index is 14.2. The van der Waals surface area contributed by atoms with Crippen LogP contribution in [0.3, 0.4) is 0 Å². The summed E-state index contributed by atoms with van der Waals surface area (Å²) in [5.41, 5.74) is 0.856. The summed E-state index contributed by atoms with van der Waals surface area (Å²) in [6.45, 7) is 7.56. The van der Waals surface area contributed by atoms with Crippen molar-refractivity contribution in [1.29, 1.82) is 0 Å². The van der Waals surface area contributed by atoms with Gasteiger partial charge in [-0.1, -0.05) is 32.0 Å². The molecule has 0 saturated carbocycles. The van der Waals surface area contributed by atoms with Crippen LogP contribution in [0.1, 0.15) is 51.1 Å². The van der Waals surface area contributed by atoms with Crippen molar-refractivity contribution in [2.75, 3.05) is 19.6 Å². The molecule has 1 aromatic rings. The number of rotatable bonds is 6. The molecule has 0 amide bonds. The smallest absolute Gasteiger partial charge is 0.127 e. The molecular formula is C17H27FN2. The molecule has 1 aliphatic heterocycles. The minimum absolute atomic E-state index is 0.0655. The Morgan fingerprint density at radius 3 is 2.75 bits per heavy atom. The molecule has 0 radical (unpaired) electrons. The first kappa shape index (κ1) is 15.5. The number of halogens is 1. The summed E-state index contributed by atoms with van der Waals surface area (Å²) in [4.78, 5) is 2.52. The molecule has 20 heavy (non-hydrogen) atoms. The number of hydrogen-bond donors (Lipinski definition) is 1. The third kappa shape index (κ3) is 3.58. The largest absolute Gasteiger partial charge is 0.315 e. The second kappa shape index (κ2) is 7.75. The van der Waals surface area contributed by atoms with Gasteiger partial charge in [0.25, 0.3) is 0 Å². The number of hydrogen-bond acceptors (Lipinski definition) is 2. The Labute approximate surface area is 122 Å². The quantitative estimate of drug-likeness (QED) is 0.852. The molecule has 1 aliphatic rings. The van der Waals surface area contributed by atoms with Crippen molar-refractivity contribution in [2.45, 2.75) is 51.6 Å². The second-order valence-corrected chi connectivity index (χ2v) is 5.68. The summed E-state index contributed by atoms with van der Waals surface area (Å²) in [5, 5.41) is 3.48. The van der Waals surface area contributed by atoms with Crippen molar-refractivity contribution < 1.29 is 4.39 Å². The Morgan fingerprint density at radius 2 is 2.15 bits per heavy atom. The Hall–Kier alpha value is -0.930. The molecule has 1 heterocycles. The molecule has 2 unspecified atom stereocenters. The number of piperidine rings is 1. The summed E-state index contributed by atoms with van der Waals surface area (Å²) >= 11 is 0. The van der Waals surface area contributed by atoms with Gasteiger partial charge in [-0.05, 0) is 44.8 Å². The van der Waals surface area contributed by atoms with Crippen molar-refractivity contribution in [3.63, 3.8) is 0 Å². The van der Waals surface area contributed by atoms with E-state index in [1.165, 1.54) is 12.8 Å². The van der Waals surface area contributed by atoms with Gasteiger partial charge < -0.3 is 5.32 Å². The van der Waals surface area contributed by atoms with E-state index in [2.05, 4.69) is 24.1 Å². The fraction of sp³-hybridized carbons (Fsp3) is 0.647. The van der Waals surface area contributed by atoms with Crippen LogP contribution in [0.15, 0.2) is 24.3 Å². The maximum Gasteiger partial charge on any atom is 0.127 e. The monoisotopic (exact) mass is 278 g/mol. The molecule has 112 valence electrons. The van der Waals surface area contributed by atoms with Gasteiger partial charge in [-0.3, -0.25) is 4.90 Å². The van der Waals surface area contributed by atoms with Crippen molar-refractivity contribution in [3.05, 3.63) is 35.6 Å². The normalized spacial score (nSPS) is 21.1. The van der Waals surface area contributed by atoms with E-state index in [0.29, 0.717) is 6.04 Å². The van der Waals surface area contributed by atoms with Crippen LogP contribution in [-0.2, 0) is 0 Å². The van der Waals surface area contributed by atoms with Gasteiger partial charge in [0.1, 0.15) is 5.82 Å². The third-order valence-electron chi connectivity index (χ3n) is 4.27. The van der Waals surface area contributed by atoms with Crippen molar-refractivity contribution in [2.24, 2.45) is 0 Å². The zero-order valence-corrected chi connectivity index (χ0v) is 12.7. The fourth-order valence-corrected chi connectivity index (χ4v) is 3.35. The molecule has 0 spiro atoms. The lowest BCUT2D eigenvalue weighted by molar-refractivity contribution is 0.106. The van der Waals surface area contributed by atoms with Crippen LogP contribution in [0.5, 0.6) is 0 Å². The predicted octanol–water partition coefficient (Wildman–Crippen LogP) is 3.74. The summed E-state index contributed by atoms with van der Waals surface area (Å²) in [7, 11) is 0. The highest BCUT2D eigenvalue weighted by Gasteiger charge is 2.28. The van der Waals surface area contributed by atoms with Crippen LogP contribution in [0.4, 0.5) is 4.39 Å². The number of benzene rings is 1. The van der Waals surface area contributed by atoms with Crippen LogP contribution >= 0.6 is 0 Å². The molecule has 0 aliphatic carbocycles. The van der Waals surface area contributed by atoms with E-state index in [1.54, 1.807) is 12.1 Å². The molecule has 1 aromatic carbocycles. The molecule has 1 fully saturated rings. The summed E-state index contributed by atoms with van der Waals surface area (Å²) in [6.07, 6.45) is 4.51. The first-order valence-electron chi connectivity index (χ1n) is 7.98. The summed E-state index contributed by atoms with van der Waals surface area (Å²) in [6, 6.07) is 7.99. The highest BCUT2D eigenvalue weighted by atomic mass is 19.1.